The first kappa shape index (κ1) is 130. The predicted octanol–water partition coefficient (Wildman–Crippen LogP) is -18.9. The van der Waals surface area contributed by atoms with E-state index in [4.69, 9.17) is 0 Å². The van der Waals surface area contributed by atoms with Crippen molar-refractivity contribution in [2.24, 2.45) is 0 Å². The van der Waals surface area contributed by atoms with Gasteiger partial charge in [-0.2, -0.15) is 0 Å². The van der Waals surface area contributed by atoms with Gasteiger partial charge in [0.05, 0.1) is 71.6 Å². The molecule has 0 aliphatic heterocycles. The fourth-order valence-electron chi connectivity index (χ4n) is 0.816. The minimum Gasteiger partial charge on any atom is -2.00 e. The van der Waals surface area contributed by atoms with Crippen LogP contribution in [0.2, 0.25) is 0 Å². The smallest absolute Gasteiger partial charge is 2.00 e. The van der Waals surface area contributed by atoms with Gasteiger partial charge in [-0.15, -0.1) is 0 Å². The molecule has 0 aromatic carbocycles. The zero-order valence-electron chi connectivity index (χ0n) is 29.1. The molecule has 0 aromatic rings. The van der Waals surface area contributed by atoms with Crippen LogP contribution in [0.4, 0.5) is 0 Å². The number of carbonyl (C=O) groups excluding carboxylic acids is 12. The van der Waals surface area contributed by atoms with Gasteiger partial charge >= 0.3 is 157 Å². The standard InChI is InChI=1S/6C4H4O4.4H2O.4O.6Zr/c6*5-3(6)1-2-4(7)8;;;;;;;;;;;;;;/h6*1-2H,(H,5,6)(H,7,8);4*1H2;;;;;;;;;;/q;;;;;;;;;;4*-2;6*+4/p-16/b5*2-1+;2-1-;;;;;;;;;;;;;;. The summed E-state index contributed by atoms with van der Waals surface area (Å²) in [6.45, 7) is 0. The number of hydrogen-bond acceptors (Lipinski definition) is 28. The van der Waals surface area contributed by atoms with Gasteiger partial charge < -0.3 is 163 Å². The van der Waals surface area contributed by atoms with Gasteiger partial charge in [0.15, 0.2) is 0 Å². The minimum absolute atomic E-state index is 0. The second-order valence-corrected chi connectivity index (χ2v) is 5.83. The van der Waals surface area contributed by atoms with Crippen molar-refractivity contribution in [3.8, 4) is 0 Å². The molecule has 0 aromatic heterocycles. The van der Waals surface area contributed by atoms with Crippen LogP contribution in [0.25, 0.3) is 0 Å². The predicted molar refractivity (Wildman–Crippen MR) is 125 cm³/mol. The van der Waals surface area contributed by atoms with E-state index >= 15 is 0 Å². The molecule has 328 valence electrons. The van der Waals surface area contributed by atoms with Crippen LogP contribution >= 0.6 is 0 Å². The molecule has 62 heavy (non-hydrogen) atoms. The van der Waals surface area contributed by atoms with Gasteiger partial charge in [0.1, 0.15) is 0 Å². The summed E-state index contributed by atoms with van der Waals surface area (Å²) >= 11 is 0. The average Bonchev–Trinajstić information content (AvgIpc) is 2.92. The molecule has 0 amide bonds. The van der Waals surface area contributed by atoms with Gasteiger partial charge in [-0.05, 0) is 72.9 Å². The van der Waals surface area contributed by atoms with E-state index in [1.807, 2.05) is 0 Å². The van der Waals surface area contributed by atoms with E-state index < -0.39 is 71.6 Å². The van der Waals surface area contributed by atoms with Crippen LogP contribution in [0.15, 0.2) is 72.9 Å². The Hall–Kier alpha value is -2.94. The molecule has 0 spiro atoms. The molecule has 0 heterocycles. The molecular weight excluding hydrogens is 1350 g/mol. The first-order valence-electron chi connectivity index (χ1n) is 10.4. The number of rotatable bonds is 12. The Labute approximate surface area is 459 Å². The maximum Gasteiger partial charge on any atom is 4.00 e. The van der Waals surface area contributed by atoms with E-state index in [1.165, 1.54) is 0 Å². The third-order valence-electron chi connectivity index (χ3n) is 2.13. The van der Waals surface area contributed by atoms with Gasteiger partial charge in [0.2, 0.25) is 0 Å². The van der Waals surface area contributed by atoms with Crippen molar-refractivity contribution in [2.45, 2.75) is 0 Å². The molecule has 0 aliphatic carbocycles. The van der Waals surface area contributed by atoms with Crippen molar-refractivity contribution in [1.82, 2.24) is 0 Å². The van der Waals surface area contributed by atoms with E-state index in [0.29, 0.717) is 72.9 Å². The Balaban J connectivity index is -0.0000000181. The third-order valence-corrected chi connectivity index (χ3v) is 2.13. The molecule has 0 radical (unpaired) electrons. The van der Waals surface area contributed by atoms with Gasteiger partial charge in [-0.25, -0.2) is 0 Å². The summed E-state index contributed by atoms with van der Waals surface area (Å²) in [6, 6.07) is 0. The van der Waals surface area contributed by atoms with Gasteiger partial charge in [-0.3, -0.25) is 0 Å². The van der Waals surface area contributed by atoms with E-state index in [-0.39, 0.29) is 201 Å². The number of aliphatic carboxylic acids is 12. The fraction of sp³-hybridized carbons (Fsp3) is 0. The van der Waals surface area contributed by atoms with Crippen LogP contribution < -0.4 is 61.3 Å². The zero-order valence-corrected chi connectivity index (χ0v) is 43.9. The zero-order chi connectivity index (χ0) is 39.4. The van der Waals surface area contributed by atoms with Crippen LogP contribution in [0, 0.1) is 0 Å². The number of carboxylic acids is 12. The van der Waals surface area contributed by atoms with Crippen molar-refractivity contribution in [3.05, 3.63) is 72.9 Å². The van der Waals surface area contributed by atoms with Gasteiger partial charge in [-0.1, -0.05) is 0 Å². The SMILES string of the molecule is O=C([O-])/C=C/C(=O)[O-].O=C([O-])/C=C/C(=O)[O-].O=C([O-])/C=C/C(=O)[O-].O=C([O-])/C=C/C(=O)[O-].O=C([O-])/C=C/C(=O)[O-].O=C([O-])/C=C\C(=O)[O-].[O-2].[O-2].[O-2].[O-2].[OH-].[OH-].[OH-].[OH-].[Zr+4].[Zr+4].[Zr+4].[Zr+4].[Zr+4].[Zr+4]. The summed E-state index contributed by atoms with van der Waals surface area (Å²) in [5.74, 6) is -18.6. The Morgan fingerprint density at radius 3 is 0.226 bits per heavy atom. The van der Waals surface area contributed by atoms with E-state index in [9.17, 15) is 119 Å². The minimum atomic E-state index is -1.55. The molecule has 4 N–H and O–H groups in total. The maximum absolute atomic E-state index is 9.41. The van der Waals surface area contributed by atoms with Crippen LogP contribution in [-0.2, 0) is 237 Å². The first-order valence-corrected chi connectivity index (χ1v) is 10.4. The van der Waals surface area contributed by atoms with Crippen molar-refractivity contribution in [2.75, 3.05) is 0 Å². The van der Waals surface area contributed by atoms with E-state index in [2.05, 4.69) is 0 Å². The summed E-state index contributed by atoms with van der Waals surface area (Å²) < 4.78 is 0. The molecular formula is C24H16O32Zr6. The molecule has 38 heteroatoms. The second kappa shape index (κ2) is 93.1. The van der Waals surface area contributed by atoms with Crippen LogP contribution in [0.3, 0.4) is 0 Å². The molecule has 32 nitrogen and oxygen atoms in total. The Morgan fingerprint density at radius 1 is 0.177 bits per heavy atom. The van der Waals surface area contributed by atoms with Crippen LogP contribution in [-0.4, -0.2) is 93.5 Å². The average molecular weight is 1360 g/mol. The Kier molecular flexibility index (Phi) is 196. The first-order chi connectivity index (χ1) is 21.8. The van der Waals surface area contributed by atoms with Crippen LogP contribution in [0.5, 0.6) is 0 Å². The van der Waals surface area contributed by atoms with Gasteiger partial charge in [0, 0.05) is 0 Å². The van der Waals surface area contributed by atoms with Crippen molar-refractivity contribution < 1.29 is 320 Å². The molecule has 0 saturated heterocycles. The molecule has 0 bridgehead atoms. The van der Waals surface area contributed by atoms with Crippen molar-refractivity contribution in [1.29, 1.82) is 0 Å². The summed E-state index contributed by atoms with van der Waals surface area (Å²) in [4.78, 5) is 113. The van der Waals surface area contributed by atoms with E-state index in [1.54, 1.807) is 0 Å². The second-order valence-electron chi connectivity index (χ2n) is 5.83. The van der Waals surface area contributed by atoms with Crippen molar-refractivity contribution >= 4 is 71.6 Å². The molecule has 0 atom stereocenters. The molecule has 0 fully saturated rings. The number of hydrogen-bond donors (Lipinski definition) is 0. The Bertz CT molecular complexity index is 1010. The maximum atomic E-state index is 9.41. The molecule has 0 aliphatic rings. The summed E-state index contributed by atoms with van der Waals surface area (Å²) in [7, 11) is 0. The normalized spacial score (nSPS) is 7.35. The topological polar surface area (TPSA) is 716 Å². The fourth-order valence-corrected chi connectivity index (χ4v) is 0.816. The summed E-state index contributed by atoms with van der Waals surface area (Å²) in [5, 5.41) is 113. The third kappa shape index (κ3) is 245. The largest absolute Gasteiger partial charge is 4.00 e. The monoisotopic (exact) mass is 1360 g/mol. The molecule has 0 saturated carbocycles. The molecule has 0 rings (SSSR count). The molecule has 0 unspecified atom stereocenters. The number of carbonyl (C=O) groups is 12. The number of carboxylic acid groups (broad SMARTS) is 12. The van der Waals surface area contributed by atoms with Crippen molar-refractivity contribution in [3.63, 3.8) is 0 Å². The van der Waals surface area contributed by atoms with Gasteiger partial charge in [0.25, 0.3) is 0 Å². The quantitative estimate of drug-likeness (QED) is 0.164. The summed E-state index contributed by atoms with van der Waals surface area (Å²) in [5.41, 5.74) is 0. The Morgan fingerprint density at radius 2 is 0.210 bits per heavy atom. The van der Waals surface area contributed by atoms with E-state index in [0.717, 1.165) is 0 Å². The van der Waals surface area contributed by atoms with Crippen LogP contribution in [0.1, 0.15) is 0 Å². The summed E-state index contributed by atoms with van der Waals surface area (Å²) in [6.07, 6.45) is 4.61.